The van der Waals surface area contributed by atoms with Gasteiger partial charge in [0.1, 0.15) is 11.6 Å². The quantitative estimate of drug-likeness (QED) is 0.478. The third-order valence-corrected chi connectivity index (χ3v) is 4.50. The van der Waals surface area contributed by atoms with Crippen LogP contribution in [0.25, 0.3) is 23.1 Å². The molecule has 1 unspecified atom stereocenters. The molecule has 0 spiro atoms. The molecule has 0 radical (unpaired) electrons. The van der Waals surface area contributed by atoms with E-state index in [4.69, 9.17) is 0 Å². The van der Waals surface area contributed by atoms with Crippen LogP contribution in [-0.4, -0.2) is 15.2 Å². The van der Waals surface area contributed by atoms with E-state index in [0.717, 1.165) is 33.9 Å². The third kappa shape index (κ3) is 3.91. The molecule has 2 N–H and O–H groups in total. The Balaban J connectivity index is 1.59. The second-order valence-electron chi connectivity index (χ2n) is 6.55. The Bertz CT molecular complexity index is 1120. The minimum Gasteiger partial charge on any atom is -0.378 e. The monoisotopic (exact) mass is 376 g/mol. The Labute approximate surface area is 160 Å². The Morgan fingerprint density at radius 1 is 0.964 bits per heavy atom. The van der Waals surface area contributed by atoms with Crippen LogP contribution in [0.3, 0.4) is 0 Å². The van der Waals surface area contributed by atoms with Crippen molar-refractivity contribution in [3.8, 4) is 0 Å². The number of halogens is 2. The Hall–Kier alpha value is -3.54. The lowest BCUT2D eigenvalue weighted by Crippen LogP contribution is -2.07. The predicted molar refractivity (Wildman–Crippen MR) is 108 cm³/mol. The molecule has 0 amide bonds. The lowest BCUT2D eigenvalue weighted by molar-refractivity contribution is 0.577. The van der Waals surface area contributed by atoms with Gasteiger partial charge in [-0.3, -0.25) is 10.1 Å². The van der Waals surface area contributed by atoms with E-state index < -0.39 is 11.6 Å². The van der Waals surface area contributed by atoms with Crippen molar-refractivity contribution in [3.05, 3.63) is 89.4 Å². The summed E-state index contributed by atoms with van der Waals surface area (Å²) < 4.78 is 27.0. The van der Waals surface area contributed by atoms with Crippen molar-refractivity contribution < 1.29 is 8.78 Å². The molecule has 0 aliphatic heterocycles. The fourth-order valence-electron chi connectivity index (χ4n) is 3.06. The standard InChI is InChI=1S/C22H18F2N4/c1-14(16-10-17(23)12-18(24)11-16)26-19-3-5-22-20(13-19)21(27-28-22)4-2-15-6-8-25-9-7-15/h2-14,26H,1H3,(H,27,28)/b4-2+. The van der Waals surface area contributed by atoms with Crippen LogP contribution in [0.1, 0.15) is 29.8 Å². The van der Waals surface area contributed by atoms with Gasteiger partial charge in [-0.25, -0.2) is 8.78 Å². The molecule has 4 rings (SSSR count). The zero-order valence-electron chi connectivity index (χ0n) is 15.2. The minimum absolute atomic E-state index is 0.259. The zero-order valence-corrected chi connectivity index (χ0v) is 15.2. The Morgan fingerprint density at radius 3 is 2.46 bits per heavy atom. The SMILES string of the molecule is CC(Nc1ccc2[nH]nc(/C=C/c3ccncc3)c2c1)c1cc(F)cc(F)c1. The molecule has 2 aromatic carbocycles. The molecule has 0 aliphatic rings. The molecule has 0 bridgehead atoms. The number of aromatic nitrogens is 3. The Morgan fingerprint density at radius 2 is 1.71 bits per heavy atom. The molecule has 2 aromatic heterocycles. The van der Waals surface area contributed by atoms with Crippen LogP contribution in [0.4, 0.5) is 14.5 Å². The second-order valence-corrected chi connectivity index (χ2v) is 6.55. The summed E-state index contributed by atoms with van der Waals surface area (Å²) in [4.78, 5) is 4.00. The van der Waals surface area contributed by atoms with Crippen molar-refractivity contribution in [2.24, 2.45) is 0 Å². The molecule has 140 valence electrons. The van der Waals surface area contributed by atoms with Gasteiger partial charge in [0, 0.05) is 35.6 Å². The van der Waals surface area contributed by atoms with Gasteiger partial charge in [0.05, 0.1) is 11.2 Å². The second kappa shape index (κ2) is 7.60. The van der Waals surface area contributed by atoms with Gasteiger partial charge in [0.15, 0.2) is 0 Å². The zero-order chi connectivity index (χ0) is 19.5. The number of anilines is 1. The molecule has 0 saturated heterocycles. The first-order valence-corrected chi connectivity index (χ1v) is 8.87. The average molecular weight is 376 g/mol. The molecule has 0 aliphatic carbocycles. The largest absolute Gasteiger partial charge is 0.378 e. The molecule has 1 atom stereocenters. The van der Waals surface area contributed by atoms with E-state index in [1.54, 1.807) is 12.4 Å². The first-order valence-electron chi connectivity index (χ1n) is 8.87. The highest BCUT2D eigenvalue weighted by atomic mass is 19.1. The summed E-state index contributed by atoms with van der Waals surface area (Å²) in [6.07, 6.45) is 7.38. The number of benzene rings is 2. The van der Waals surface area contributed by atoms with Gasteiger partial charge in [0.25, 0.3) is 0 Å². The predicted octanol–water partition coefficient (Wildman–Crippen LogP) is 5.58. The van der Waals surface area contributed by atoms with E-state index in [1.165, 1.54) is 12.1 Å². The molecule has 6 heteroatoms. The molecule has 2 heterocycles. The normalized spacial score (nSPS) is 12.5. The number of rotatable bonds is 5. The Kier molecular flexibility index (Phi) is 4.85. The summed E-state index contributed by atoms with van der Waals surface area (Å²) in [6.45, 7) is 1.86. The molecule has 0 saturated carbocycles. The summed E-state index contributed by atoms with van der Waals surface area (Å²) in [5, 5.41) is 11.6. The van der Waals surface area contributed by atoms with E-state index in [9.17, 15) is 8.78 Å². The molecule has 4 nitrogen and oxygen atoms in total. The highest BCUT2D eigenvalue weighted by Gasteiger charge is 2.10. The van der Waals surface area contributed by atoms with Crippen molar-refractivity contribution >= 4 is 28.7 Å². The summed E-state index contributed by atoms with van der Waals surface area (Å²) in [7, 11) is 0. The first-order chi connectivity index (χ1) is 13.6. The maximum Gasteiger partial charge on any atom is 0.126 e. The van der Waals surface area contributed by atoms with Crippen LogP contribution in [0.5, 0.6) is 0 Å². The van der Waals surface area contributed by atoms with Crippen LogP contribution in [-0.2, 0) is 0 Å². The summed E-state index contributed by atoms with van der Waals surface area (Å²) in [6, 6.07) is 12.9. The van der Waals surface area contributed by atoms with Crippen molar-refractivity contribution in [2.75, 3.05) is 5.32 Å². The maximum absolute atomic E-state index is 13.5. The van der Waals surface area contributed by atoms with Crippen LogP contribution in [0.15, 0.2) is 60.9 Å². The smallest absolute Gasteiger partial charge is 0.126 e. The van der Waals surface area contributed by atoms with E-state index in [2.05, 4.69) is 20.5 Å². The number of H-pyrrole nitrogens is 1. The van der Waals surface area contributed by atoms with E-state index >= 15 is 0 Å². The van der Waals surface area contributed by atoms with Gasteiger partial charge in [0.2, 0.25) is 0 Å². The van der Waals surface area contributed by atoms with E-state index in [-0.39, 0.29) is 6.04 Å². The fraction of sp³-hybridized carbons (Fsp3) is 0.0909. The van der Waals surface area contributed by atoms with Crippen LogP contribution in [0.2, 0.25) is 0 Å². The number of hydrogen-bond donors (Lipinski definition) is 2. The molecule has 0 fully saturated rings. The number of pyridine rings is 1. The molecular formula is C22H18F2N4. The minimum atomic E-state index is -0.586. The van der Waals surface area contributed by atoms with Crippen molar-refractivity contribution in [2.45, 2.75) is 13.0 Å². The topological polar surface area (TPSA) is 53.6 Å². The summed E-state index contributed by atoms with van der Waals surface area (Å²) in [5.74, 6) is -1.17. The lowest BCUT2D eigenvalue weighted by atomic mass is 10.1. The number of fused-ring (bicyclic) bond motifs is 1. The van der Waals surface area contributed by atoms with Crippen LogP contribution >= 0.6 is 0 Å². The highest BCUT2D eigenvalue weighted by molar-refractivity contribution is 5.91. The number of hydrogen-bond acceptors (Lipinski definition) is 3. The van der Waals surface area contributed by atoms with Gasteiger partial charge in [-0.05, 0) is 66.6 Å². The van der Waals surface area contributed by atoms with Gasteiger partial charge < -0.3 is 5.32 Å². The van der Waals surface area contributed by atoms with Crippen molar-refractivity contribution in [3.63, 3.8) is 0 Å². The van der Waals surface area contributed by atoms with E-state index in [0.29, 0.717) is 5.56 Å². The highest BCUT2D eigenvalue weighted by Crippen LogP contribution is 2.26. The van der Waals surface area contributed by atoms with Crippen molar-refractivity contribution in [1.82, 2.24) is 15.2 Å². The van der Waals surface area contributed by atoms with Gasteiger partial charge >= 0.3 is 0 Å². The number of nitrogens with zero attached hydrogens (tertiary/aromatic N) is 2. The molecule has 4 aromatic rings. The van der Waals surface area contributed by atoms with Gasteiger partial charge in [-0.15, -0.1) is 0 Å². The number of nitrogens with one attached hydrogen (secondary N) is 2. The lowest BCUT2D eigenvalue weighted by Gasteiger charge is -2.16. The maximum atomic E-state index is 13.5. The van der Waals surface area contributed by atoms with Crippen LogP contribution in [0, 0.1) is 11.6 Å². The third-order valence-electron chi connectivity index (χ3n) is 4.50. The van der Waals surface area contributed by atoms with Crippen molar-refractivity contribution in [1.29, 1.82) is 0 Å². The molecular weight excluding hydrogens is 358 g/mol. The first kappa shape index (κ1) is 17.9. The van der Waals surface area contributed by atoms with Gasteiger partial charge in [-0.2, -0.15) is 5.10 Å². The fourth-order valence-corrected chi connectivity index (χ4v) is 3.06. The molecule has 28 heavy (non-hydrogen) atoms. The average Bonchev–Trinajstić information content (AvgIpc) is 3.09. The van der Waals surface area contributed by atoms with Crippen LogP contribution < -0.4 is 5.32 Å². The summed E-state index contributed by atoms with van der Waals surface area (Å²) in [5.41, 5.74) is 4.12. The number of aromatic amines is 1. The summed E-state index contributed by atoms with van der Waals surface area (Å²) >= 11 is 0. The van der Waals surface area contributed by atoms with Gasteiger partial charge in [-0.1, -0.05) is 6.08 Å². The van der Waals surface area contributed by atoms with E-state index in [1.807, 2.05) is 49.4 Å².